The van der Waals surface area contributed by atoms with Crippen LogP contribution in [-0.2, 0) is 11.2 Å². The second-order valence-corrected chi connectivity index (χ2v) is 7.90. The first-order chi connectivity index (χ1) is 12.5. The monoisotopic (exact) mass is 356 g/mol. The molecular formula is C20H28N4O2. The van der Waals surface area contributed by atoms with Crippen molar-refractivity contribution in [1.82, 2.24) is 4.90 Å². The molecule has 2 fully saturated rings. The smallest absolute Gasteiger partial charge is 0.120 e. The molecule has 4 rings (SSSR count). The zero-order chi connectivity index (χ0) is 18.1. The van der Waals surface area contributed by atoms with E-state index in [1.54, 1.807) is 6.34 Å². The number of rotatable bonds is 4. The molecule has 2 unspecified atom stereocenters. The van der Waals surface area contributed by atoms with Gasteiger partial charge < -0.3 is 20.1 Å². The number of nitrogens with two attached hydrogens (primary N) is 1. The summed E-state index contributed by atoms with van der Waals surface area (Å²) in [7, 11) is 0. The van der Waals surface area contributed by atoms with E-state index in [1.165, 1.54) is 0 Å². The number of hydrogen-bond acceptors (Lipinski definition) is 6. The molecule has 1 aromatic rings. The number of amidine groups is 1. The van der Waals surface area contributed by atoms with Gasteiger partial charge in [0.2, 0.25) is 0 Å². The molecule has 6 nitrogen and oxygen atoms in total. The maximum absolute atomic E-state index is 6.22. The Hall–Kier alpha value is -2.08. The molecule has 2 N–H and O–H groups in total. The molecule has 0 amide bonds. The van der Waals surface area contributed by atoms with Crippen molar-refractivity contribution < 1.29 is 9.47 Å². The van der Waals surface area contributed by atoms with Gasteiger partial charge >= 0.3 is 0 Å². The van der Waals surface area contributed by atoms with E-state index >= 15 is 0 Å². The van der Waals surface area contributed by atoms with Gasteiger partial charge in [0.25, 0.3) is 0 Å². The lowest BCUT2D eigenvalue weighted by atomic mass is 10.00. The number of hydrogen-bond donors (Lipinski definition) is 1. The average Bonchev–Trinajstić information content (AvgIpc) is 3.35. The predicted octanol–water partition coefficient (Wildman–Crippen LogP) is 2.66. The third-order valence-electron chi connectivity index (χ3n) is 5.49. The second kappa shape index (κ2) is 6.91. The van der Waals surface area contributed by atoms with Gasteiger partial charge in [0, 0.05) is 18.7 Å². The molecule has 1 aromatic carbocycles. The lowest BCUT2D eigenvalue weighted by Crippen LogP contribution is -2.48. The summed E-state index contributed by atoms with van der Waals surface area (Å²) in [5, 5.41) is 0. The van der Waals surface area contributed by atoms with E-state index in [2.05, 4.69) is 34.8 Å². The summed E-state index contributed by atoms with van der Waals surface area (Å²) in [6, 6.07) is 6.51. The number of benzene rings is 1. The molecule has 1 saturated carbocycles. The van der Waals surface area contributed by atoms with Crippen molar-refractivity contribution in [2.75, 3.05) is 25.5 Å². The highest BCUT2D eigenvalue weighted by Gasteiger charge is 2.40. The summed E-state index contributed by atoms with van der Waals surface area (Å²) in [4.78, 5) is 11.5. The van der Waals surface area contributed by atoms with E-state index in [-0.39, 0.29) is 11.6 Å². The first-order valence-corrected chi connectivity index (χ1v) is 9.52. The molecule has 6 heteroatoms. The average molecular weight is 356 g/mol. The van der Waals surface area contributed by atoms with Crippen LogP contribution in [0.15, 0.2) is 28.2 Å². The minimum absolute atomic E-state index is 0.0165. The van der Waals surface area contributed by atoms with E-state index in [4.69, 9.17) is 15.2 Å². The summed E-state index contributed by atoms with van der Waals surface area (Å²) < 4.78 is 11.6. The molecule has 0 spiro atoms. The van der Waals surface area contributed by atoms with Crippen LogP contribution in [0.1, 0.15) is 38.7 Å². The quantitative estimate of drug-likeness (QED) is 0.842. The van der Waals surface area contributed by atoms with E-state index in [0.717, 1.165) is 68.3 Å². The van der Waals surface area contributed by atoms with E-state index in [0.29, 0.717) is 6.04 Å². The normalized spacial score (nSPS) is 27.2. The largest absolute Gasteiger partial charge is 0.488 e. The summed E-state index contributed by atoms with van der Waals surface area (Å²) >= 11 is 0. The minimum atomic E-state index is 0.0165. The third-order valence-corrected chi connectivity index (χ3v) is 5.49. The highest BCUT2D eigenvalue weighted by atomic mass is 16.5. The number of aliphatic imine (C=N–C) groups is 2. The predicted molar refractivity (Wildman–Crippen MR) is 104 cm³/mol. The summed E-state index contributed by atoms with van der Waals surface area (Å²) in [6.45, 7) is 6.74. The molecule has 1 aliphatic carbocycles. The van der Waals surface area contributed by atoms with E-state index in [1.807, 2.05) is 12.1 Å². The van der Waals surface area contributed by atoms with Gasteiger partial charge in [0.15, 0.2) is 0 Å². The molecular weight excluding hydrogens is 328 g/mol. The highest BCUT2D eigenvalue weighted by Crippen LogP contribution is 2.40. The van der Waals surface area contributed by atoms with Crippen LogP contribution >= 0.6 is 0 Å². The zero-order valence-electron chi connectivity index (χ0n) is 15.6. The van der Waals surface area contributed by atoms with Gasteiger partial charge in [0.1, 0.15) is 23.5 Å². The van der Waals surface area contributed by atoms with Crippen LogP contribution < -0.4 is 10.5 Å². The fourth-order valence-electron chi connectivity index (χ4n) is 3.58. The lowest BCUT2D eigenvalue weighted by Gasteiger charge is -2.37. The van der Waals surface area contributed by atoms with Crippen molar-refractivity contribution in [3.8, 4) is 5.75 Å². The molecule has 1 saturated heterocycles. The van der Waals surface area contributed by atoms with Crippen molar-refractivity contribution >= 4 is 17.9 Å². The molecule has 26 heavy (non-hydrogen) atoms. The van der Waals surface area contributed by atoms with Crippen molar-refractivity contribution in [1.29, 1.82) is 0 Å². The van der Waals surface area contributed by atoms with Gasteiger partial charge in [-0.3, -0.25) is 4.99 Å². The van der Waals surface area contributed by atoms with Crippen LogP contribution in [0.4, 0.5) is 5.69 Å². The van der Waals surface area contributed by atoms with Crippen LogP contribution in [0.2, 0.25) is 0 Å². The van der Waals surface area contributed by atoms with Gasteiger partial charge in [0.05, 0.1) is 25.3 Å². The Balaban J connectivity index is 1.43. The van der Waals surface area contributed by atoms with Crippen LogP contribution in [0, 0.1) is 0 Å². The summed E-state index contributed by atoms with van der Waals surface area (Å²) in [5.41, 5.74) is 8.14. The Kier molecular flexibility index (Phi) is 4.61. The van der Waals surface area contributed by atoms with Gasteiger partial charge in [-0.15, -0.1) is 0 Å². The van der Waals surface area contributed by atoms with Gasteiger partial charge in [-0.05, 0) is 56.9 Å². The number of nitrogens with zero attached hydrogens (tertiary/aromatic N) is 3. The number of morpholine rings is 1. The topological polar surface area (TPSA) is 72.4 Å². The van der Waals surface area contributed by atoms with Gasteiger partial charge in [-0.1, -0.05) is 0 Å². The number of ether oxygens (including phenoxy) is 2. The Labute approximate surface area is 155 Å². The molecule has 0 aromatic heterocycles. The van der Waals surface area contributed by atoms with Crippen molar-refractivity contribution in [3.63, 3.8) is 0 Å². The molecule has 2 atom stereocenters. The fourth-order valence-corrected chi connectivity index (χ4v) is 3.58. The standard InChI is InChI=1S/C20H28N4O2/c1-14-12-25-8-7-24(14)19-11-16(22-13-23-19)9-15-10-17(3-4-18(15)21)26-20(2)5-6-20/h3-4,10,13-14,16H,5-9,11-12,21H2,1-2H3. The maximum Gasteiger partial charge on any atom is 0.120 e. The second-order valence-electron chi connectivity index (χ2n) is 7.90. The van der Waals surface area contributed by atoms with Gasteiger partial charge in [-0.2, -0.15) is 0 Å². The van der Waals surface area contributed by atoms with Crippen molar-refractivity contribution in [2.24, 2.45) is 9.98 Å². The first kappa shape index (κ1) is 17.3. The SMILES string of the molecule is CC1COCCN1C1=NC=NC(Cc2cc(OC3(C)CC3)ccc2N)C1. The Morgan fingerprint density at radius 1 is 1.38 bits per heavy atom. The number of anilines is 1. The highest BCUT2D eigenvalue weighted by molar-refractivity contribution is 5.91. The molecule has 3 aliphatic rings. The maximum atomic E-state index is 6.22. The molecule has 0 radical (unpaired) electrons. The summed E-state index contributed by atoms with van der Waals surface area (Å²) in [6.07, 6.45) is 5.58. The van der Waals surface area contributed by atoms with Crippen LogP contribution in [0.25, 0.3) is 0 Å². The molecule has 140 valence electrons. The van der Waals surface area contributed by atoms with Crippen molar-refractivity contribution in [2.45, 2.75) is 57.2 Å². The minimum Gasteiger partial charge on any atom is -0.488 e. The summed E-state index contributed by atoms with van der Waals surface area (Å²) in [5.74, 6) is 2.02. The molecule has 0 bridgehead atoms. The molecule has 2 heterocycles. The zero-order valence-corrected chi connectivity index (χ0v) is 15.6. The lowest BCUT2D eigenvalue weighted by molar-refractivity contribution is 0.0321. The van der Waals surface area contributed by atoms with E-state index in [9.17, 15) is 0 Å². The number of nitrogen functional groups attached to an aromatic ring is 1. The van der Waals surface area contributed by atoms with Crippen LogP contribution in [0.3, 0.4) is 0 Å². The first-order valence-electron chi connectivity index (χ1n) is 9.52. The van der Waals surface area contributed by atoms with Gasteiger partial charge in [-0.25, -0.2) is 4.99 Å². The Morgan fingerprint density at radius 3 is 3.00 bits per heavy atom. The molecule has 2 aliphatic heterocycles. The van der Waals surface area contributed by atoms with Crippen molar-refractivity contribution in [3.05, 3.63) is 23.8 Å². The third kappa shape index (κ3) is 3.85. The fraction of sp³-hybridized carbons (Fsp3) is 0.600. The Bertz CT molecular complexity index is 727. The van der Waals surface area contributed by atoms with Crippen LogP contribution in [-0.4, -0.2) is 54.5 Å². The van der Waals surface area contributed by atoms with E-state index < -0.39 is 0 Å². The Morgan fingerprint density at radius 2 is 2.23 bits per heavy atom. The van der Waals surface area contributed by atoms with Crippen LogP contribution in [0.5, 0.6) is 5.75 Å².